The van der Waals surface area contributed by atoms with E-state index in [9.17, 15) is 4.79 Å². The van der Waals surface area contributed by atoms with E-state index < -0.39 is 6.04 Å². The Morgan fingerprint density at radius 1 is 1.50 bits per heavy atom. The number of rotatable bonds is 4. The molecule has 0 aromatic rings. The summed E-state index contributed by atoms with van der Waals surface area (Å²) in [5.74, 6) is -0.196. The summed E-state index contributed by atoms with van der Waals surface area (Å²) in [5, 5.41) is 11.6. The molecule has 4 N–H and O–H groups in total. The van der Waals surface area contributed by atoms with Crippen molar-refractivity contribution in [3.8, 4) is 0 Å². The molecule has 0 aliphatic carbocycles. The third-order valence-corrected chi connectivity index (χ3v) is 2.28. The van der Waals surface area contributed by atoms with Gasteiger partial charge in [-0.1, -0.05) is 27.7 Å². The van der Waals surface area contributed by atoms with Crippen LogP contribution in [0.4, 0.5) is 0 Å². The zero-order valence-electron chi connectivity index (χ0n) is 9.50. The number of hydrogen-bond donors (Lipinski definition) is 3. The molecule has 0 aliphatic heterocycles. The maximum atomic E-state index is 11.6. The number of nitrogens with two attached hydrogens (primary N) is 1. The van der Waals surface area contributed by atoms with Crippen molar-refractivity contribution < 1.29 is 9.90 Å². The smallest absolute Gasteiger partial charge is 0.237 e. The maximum Gasteiger partial charge on any atom is 0.237 e. The summed E-state index contributed by atoms with van der Waals surface area (Å²) in [6, 6.07) is -0.723. The Morgan fingerprint density at radius 3 is 2.29 bits per heavy atom. The highest BCUT2D eigenvalue weighted by atomic mass is 16.3. The molecule has 4 nitrogen and oxygen atoms in total. The van der Waals surface area contributed by atoms with Crippen LogP contribution in [0.3, 0.4) is 0 Å². The molecule has 0 fully saturated rings. The lowest BCUT2D eigenvalue weighted by molar-refractivity contribution is -0.125. The van der Waals surface area contributed by atoms with E-state index in [1.807, 2.05) is 27.7 Å². The van der Waals surface area contributed by atoms with E-state index in [-0.39, 0.29) is 24.0 Å². The molecule has 0 aromatic carbocycles. The van der Waals surface area contributed by atoms with E-state index in [2.05, 4.69) is 5.32 Å². The number of amides is 1. The fraction of sp³-hybridized carbons (Fsp3) is 0.900. The van der Waals surface area contributed by atoms with Gasteiger partial charge in [0, 0.05) is 0 Å². The second kappa shape index (κ2) is 5.32. The Morgan fingerprint density at radius 2 is 2.00 bits per heavy atom. The largest absolute Gasteiger partial charge is 0.394 e. The van der Waals surface area contributed by atoms with Crippen molar-refractivity contribution >= 4 is 5.91 Å². The lowest BCUT2D eigenvalue weighted by Gasteiger charge is -2.27. The lowest BCUT2D eigenvalue weighted by atomic mass is 9.87. The van der Waals surface area contributed by atoms with Crippen LogP contribution >= 0.6 is 0 Å². The summed E-state index contributed by atoms with van der Waals surface area (Å²) >= 11 is 0. The molecule has 4 heteroatoms. The predicted octanol–water partition coefficient (Wildman–Crippen LogP) is 0.247. The Hall–Kier alpha value is -0.610. The first-order valence-electron chi connectivity index (χ1n) is 4.99. The average Bonchev–Trinajstić information content (AvgIpc) is 2.11. The molecule has 0 spiro atoms. The van der Waals surface area contributed by atoms with Gasteiger partial charge in [-0.05, 0) is 11.8 Å². The van der Waals surface area contributed by atoms with Crippen LogP contribution in [0.1, 0.15) is 34.1 Å². The monoisotopic (exact) mass is 202 g/mol. The first-order valence-corrected chi connectivity index (χ1v) is 4.99. The molecule has 0 radical (unpaired) electrons. The first-order chi connectivity index (χ1) is 6.32. The van der Waals surface area contributed by atoms with Crippen molar-refractivity contribution in [2.75, 3.05) is 6.61 Å². The normalized spacial score (nSPS) is 16.1. The van der Waals surface area contributed by atoms with Gasteiger partial charge in [-0.25, -0.2) is 0 Å². The summed E-state index contributed by atoms with van der Waals surface area (Å²) in [6.45, 7) is 7.61. The second-order valence-electron chi connectivity index (χ2n) is 4.64. The number of aliphatic hydroxyl groups is 1. The van der Waals surface area contributed by atoms with Crippen LogP contribution in [0, 0.1) is 5.41 Å². The van der Waals surface area contributed by atoms with Gasteiger partial charge in [0.1, 0.15) is 0 Å². The molecule has 2 atom stereocenters. The van der Waals surface area contributed by atoms with E-state index in [1.54, 1.807) is 0 Å². The number of nitrogens with one attached hydrogen (secondary N) is 1. The Balaban J connectivity index is 4.21. The molecule has 0 heterocycles. The van der Waals surface area contributed by atoms with Gasteiger partial charge < -0.3 is 16.2 Å². The highest BCUT2D eigenvalue weighted by Crippen LogP contribution is 2.17. The van der Waals surface area contributed by atoms with Gasteiger partial charge in [0.05, 0.1) is 18.7 Å². The van der Waals surface area contributed by atoms with Crippen molar-refractivity contribution in [1.82, 2.24) is 5.32 Å². The highest BCUT2D eigenvalue weighted by molar-refractivity contribution is 5.82. The van der Waals surface area contributed by atoms with Gasteiger partial charge in [-0.3, -0.25) is 4.79 Å². The van der Waals surface area contributed by atoms with E-state index in [0.717, 1.165) is 0 Å². The van der Waals surface area contributed by atoms with Crippen LogP contribution in [-0.4, -0.2) is 29.7 Å². The molecule has 1 amide bonds. The fourth-order valence-electron chi connectivity index (χ4n) is 0.961. The molecule has 84 valence electrons. The summed E-state index contributed by atoms with van der Waals surface area (Å²) < 4.78 is 0. The third-order valence-electron chi connectivity index (χ3n) is 2.28. The summed E-state index contributed by atoms with van der Waals surface area (Å²) in [7, 11) is 0. The quantitative estimate of drug-likeness (QED) is 0.611. The van der Waals surface area contributed by atoms with Crippen molar-refractivity contribution in [2.24, 2.45) is 11.1 Å². The van der Waals surface area contributed by atoms with Crippen molar-refractivity contribution in [3.05, 3.63) is 0 Å². The molecule has 0 unspecified atom stereocenters. The lowest BCUT2D eigenvalue weighted by Crippen LogP contribution is -2.52. The fourth-order valence-corrected chi connectivity index (χ4v) is 0.961. The zero-order valence-corrected chi connectivity index (χ0v) is 9.50. The highest BCUT2D eigenvalue weighted by Gasteiger charge is 2.28. The van der Waals surface area contributed by atoms with Gasteiger partial charge in [-0.2, -0.15) is 0 Å². The topological polar surface area (TPSA) is 75.3 Å². The minimum Gasteiger partial charge on any atom is -0.394 e. The predicted molar refractivity (Wildman–Crippen MR) is 56.7 cm³/mol. The minimum absolute atomic E-state index is 0.0426. The Bertz CT molecular complexity index is 183. The average molecular weight is 202 g/mol. The third kappa shape index (κ3) is 4.07. The van der Waals surface area contributed by atoms with Crippen molar-refractivity contribution in [1.29, 1.82) is 0 Å². The number of carbonyl (C=O) groups is 1. The molecule has 0 aliphatic rings. The second-order valence-corrected chi connectivity index (χ2v) is 4.64. The van der Waals surface area contributed by atoms with Gasteiger partial charge in [0.25, 0.3) is 0 Å². The SMILES string of the molecule is CC[C@@H](CO)NC(=O)[C@H](N)C(C)(C)C. The standard InChI is InChI=1S/C10H22N2O2/c1-5-7(6-13)12-9(14)8(11)10(2,3)4/h7-8,13H,5-6,11H2,1-4H3,(H,12,14)/t7-,8-/m0/s1. The van der Waals surface area contributed by atoms with Crippen LogP contribution in [0.5, 0.6) is 0 Å². The van der Waals surface area contributed by atoms with Crippen molar-refractivity contribution in [3.63, 3.8) is 0 Å². The minimum atomic E-state index is -0.539. The number of aliphatic hydroxyl groups excluding tert-OH is 1. The summed E-state index contributed by atoms with van der Waals surface area (Å²) in [5.41, 5.74) is 5.51. The number of hydrogen-bond acceptors (Lipinski definition) is 3. The zero-order chi connectivity index (χ0) is 11.4. The van der Waals surface area contributed by atoms with E-state index >= 15 is 0 Å². The van der Waals surface area contributed by atoms with Crippen LogP contribution in [0.2, 0.25) is 0 Å². The molecular weight excluding hydrogens is 180 g/mol. The Labute approximate surface area is 85.9 Å². The molecule has 14 heavy (non-hydrogen) atoms. The van der Waals surface area contributed by atoms with Crippen LogP contribution < -0.4 is 11.1 Å². The molecule has 0 bridgehead atoms. The van der Waals surface area contributed by atoms with Gasteiger partial charge in [0.2, 0.25) is 5.91 Å². The van der Waals surface area contributed by atoms with Crippen LogP contribution in [-0.2, 0) is 4.79 Å². The van der Waals surface area contributed by atoms with Gasteiger partial charge >= 0.3 is 0 Å². The van der Waals surface area contributed by atoms with E-state index in [4.69, 9.17) is 10.8 Å². The molecule has 0 rings (SSSR count). The van der Waals surface area contributed by atoms with Gasteiger partial charge in [0.15, 0.2) is 0 Å². The van der Waals surface area contributed by atoms with Crippen LogP contribution in [0.25, 0.3) is 0 Å². The van der Waals surface area contributed by atoms with Crippen LogP contribution in [0.15, 0.2) is 0 Å². The first kappa shape index (κ1) is 13.4. The van der Waals surface area contributed by atoms with E-state index in [1.165, 1.54) is 0 Å². The summed E-state index contributed by atoms with van der Waals surface area (Å²) in [6.07, 6.45) is 0.707. The maximum absolute atomic E-state index is 11.6. The molecule has 0 saturated heterocycles. The van der Waals surface area contributed by atoms with Gasteiger partial charge in [-0.15, -0.1) is 0 Å². The number of carbonyl (C=O) groups excluding carboxylic acids is 1. The molecular formula is C10H22N2O2. The molecule has 0 saturated carbocycles. The van der Waals surface area contributed by atoms with E-state index in [0.29, 0.717) is 6.42 Å². The summed E-state index contributed by atoms with van der Waals surface area (Å²) in [4.78, 5) is 11.6. The molecule has 0 aromatic heterocycles. The van der Waals surface area contributed by atoms with Crippen molar-refractivity contribution in [2.45, 2.75) is 46.2 Å². The Kier molecular flexibility index (Phi) is 5.08.